The third kappa shape index (κ3) is 2.23. The largest absolute Gasteiger partial charge is 0.504 e. The van der Waals surface area contributed by atoms with Crippen molar-refractivity contribution in [1.29, 1.82) is 0 Å². The fourth-order valence-corrected chi connectivity index (χ4v) is 1.83. The molecule has 84 valence electrons. The minimum atomic E-state index is -0.0445. The first-order valence-corrected chi connectivity index (χ1v) is 5.21. The molecule has 0 bridgehead atoms. The summed E-state index contributed by atoms with van der Waals surface area (Å²) >= 11 is 0. The summed E-state index contributed by atoms with van der Waals surface area (Å²) in [4.78, 5) is 0. The summed E-state index contributed by atoms with van der Waals surface area (Å²) in [7, 11) is 0. The van der Waals surface area contributed by atoms with Gasteiger partial charge in [0.25, 0.3) is 0 Å². The highest BCUT2D eigenvalue weighted by Crippen LogP contribution is 2.36. The molecular weight excluding hydrogens is 190 g/mol. The van der Waals surface area contributed by atoms with E-state index >= 15 is 0 Å². The van der Waals surface area contributed by atoms with Gasteiger partial charge in [-0.25, -0.2) is 0 Å². The Morgan fingerprint density at radius 1 is 1.27 bits per heavy atom. The van der Waals surface area contributed by atoms with Gasteiger partial charge in [0.1, 0.15) is 0 Å². The van der Waals surface area contributed by atoms with Gasteiger partial charge in [0.2, 0.25) is 0 Å². The first-order valence-electron chi connectivity index (χ1n) is 5.21. The Labute approximate surface area is 90.5 Å². The minimum Gasteiger partial charge on any atom is -0.504 e. The van der Waals surface area contributed by atoms with Gasteiger partial charge in [-0.2, -0.15) is 0 Å². The van der Waals surface area contributed by atoms with Crippen LogP contribution in [0.25, 0.3) is 0 Å². The van der Waals surface area contributed by atoms with Crippen molar-refractivity contribution >= 4 is 0 Å². The highest BCUT2D eigenvalue weighted by Gasteiger charge is 2.14. The smallest absolute Gasteiger partial charge is 0.160 e. The van der Waals surface area contributed by atoms with E-state index in [9.17, 15) is 10.2 Å². The maximum atomic E-state index is 9.55. The van der Waals surface area contributed by atoms with Crippen LogP contribution in [0.1, 0.15) is 36.0 Å². The molecule has 1 rings (SSSR count). The van der Waals surface area contributed by atoms with Gasteiger partial charge in [0.05, 0.1) is 0 Å². The molecule has 1 unspecified atom stereocenters. The van der Waals surface area contributed by atoms with Crippen molar-refractivity contribution in [2.45, 2.75) is 33.1 Å². The van der Waals surface area contributed by atoms with Crippen molar-refractivity contribution in [3.63, 3.8) is 0 Å². The molecule has 4 N–H and O–H groups in total. The van der Waals surface area contributed by atoms with Crippen LogP contribution >= 0.6 is 0 Å². The number of phenols is 2. The van der Waals surface area contributed by atoms with E-state index in [4.69, 9.17) is 5.73 Å². The Bertz CT molecular complexity index is 361. The van der Waals surface area contributed by atoms with Crippen molar-refractivity contribution in [2.24, 2.45) is 5.73 Å². The van der Waals surface area contributed by atoms with E-state index < -0.39 is 0 Å². The van der Waals surface area contributed by atoms with Gasteiger partial charge in [-0.05, 0) is 55.5 Å². The van der Waals surface area contributed by atoms with Crippen molar-refractivity contribution < 1.29 is 10.2 Å². The summed E-state index contributed by atoms with van der Waals surface area (Å²) in [6.07, 6.45) is 0.879. The number of benzene rings is 1. The van der Waals surface area contributed by atoms with Gasteiger partial charge >= 0.3 is 0 Å². The lowest BCUT2D eigenvalue weighted by atomic mass is 9.90. The summed E-state index contributed by atoms with van der Waals surface area (Å²) in [6.45, 7) is 6.46. The Hall–Kier alpha value is -1.22. The highest BCUT2D eigenvalue weighted by atomic mass is 16.3. The van der Waals surface area contributed by atoms with Crippen molar-refractivity contribution in [2.75, 3.05) is 6.54 Å². The number of hydrogen-bond donors (Lipinski definition) is 3. The van der Waals surface area contributed by atoms with Crippen molar-refractivity contribution in [3.05, 3.63) is 22.8 Å². The molecule has 3 heteroatoms. The van der Waals surface area contributed by atoms with Gasteiger partial charge in [0.15, 0.2) is 11.5 Å². The second-order valence-corrected chi connectivity index (χ2v) is 4.06. The zero-order chi connectivity index (χ0) is 11.6. The molecule has 0 aliphatic heterocycles. The number of phenolic OH excluding ortho intramolecular Hbond substituents is 2. The van der Waals surface area contributed by atoms with Crippen LogP contribution in [0.4, 0.5) is 0 Å². The fraction of sp³-hybridized carbons (Fsp3) is 0.500. The molecule has 0 spiro atoms. The van der Waals surface area contributed by atoms with Crippen LogP contribution < -0.4 is 5.73 Å². The Balaban J connectivity index is 3.19. The van der Waals surface area contributed by atoms with Crippen LogP contribution in [0.3, 0.4) is 0 Å². The lowest BCUT2D eigenvalue weighted by Crippen LogP contribution is -2.06. The second kappa shape index (κ2) is 4.53. The summed E-state index contributed by atoms with van der Waals surface area (Å²) in [5.74, 6) is 0.244. The molecule has 0 aliphatic rings. The zero-order valence-corrected chi connectivity index (χ0v) is 9.54. The van der Waals surface area contributed by atoms with E-state index in [1.54, 1.807) is 6.07 Å². The predicted molar refractivity (Wildman–Crippen MR) is 61.3 cm³/mol. The molecule has 15 heavy (non-hydrogen) atoms. The predicted octanol–water partition coefficient (Wildman–Crippen LogP) is 2.17. The maximum absolute atomic E-state index is 9.55. The third-order valence-corrected chi connectivity index (χ3v) is 3.02. The molecule has 0 saturated carbocycles. The van der Waals surface area contributed by atoms with Gasteiger partial charge in [-0.15, -0.1) is 0 Å². The van der Waals surface area contributed by atoms with Gasteiger partial charge in [0, 0.05) is 0 Å². The first-order chi connectivity index (χ1) is 6.99. The Morgan fingerprint density at radius 3 is 2.40 bits per heavy atom. The minimum absolute atomic E-state index is 0.0174. The third-order valence-electron chi connectivity index (χ3n) is 3.02. The SMILES string of the molecule is Cc1c(C(C)CCN)cc(O)c(O)c1C. The van der Waals surface area contributed by atoms with E-state index in [1.165, 1.54) is 0 Å². The quantitative estimate of drug-likeness (QED) is 0.668. The normalized spacial score (nSPS) is 12.8. The Kier molecular flexibility index (Phi) is 3.58. The zero-order valence-electron chi connectivity index (χ0n) is 9.54. The molecule has 1 aromatic rings. The van der Waals surface area contributed by atoms with Crippen LogP contribution in [-0.2, 0) is 0 Å². The fourth-order valence-electron chi connectivity index (χ4n) is 1.83. The average molecular weight is 209 g/mol. The van der Waals surface area contributed by atoms with Gasteiger partial charge in [-0.3, -0.25) is 0 Å². The maximum Gasteiger partial charge on any atom is 0.160 e. The second-order valence-electron chi connectivity index (χ2n) is 4.06. The Morgan fingerprint density at radius 2 is 1.87 bits per heavy atom. The van der Waals surface area contributed by atoms with E-state index in [0.29, 0.717) is 12.5 Å². The van der Waals surface area contributed by atoms with Crippen LogP contribution in [0.5, 0.6) is 11.5 Å². The first kappa shape index (κ1) is 11.9. The van der Waals surface area contributed by atoms with E-state index in [-0.39, 0.29) is 11.5 Å². The van der Waals surface area contributed by atoms with Gasteiger partial charge < -0.3 is 15.9 Å². The molecule has 0 radical (unpaired) electrons. The topological polar surface area (TPSA) is 66.5 Å². The number of nitrogens with two attached hydrogens (primary N) is 1. The number of rotatable bonds is 3. The van der Waals surface area contributed by atoms with Gasteiger partial charge in [-0.1, -0.05) is 6.92 Å². The van der Waals surface area contributed by atoms with Crippen LogP contribution in [0, 0.1) is 13.8 Å². The molecular formula is C12H19NO2. The summed E-state index contributed by atoms with van der Waals surface area (Å²) in [5, 5.41) is 19.1. The molecule has 0 aromatic heterocycles. The van der Waals surface area contributed by atoms with Crippen molar-refractivity contribution in [1.82, 2.24) is 0 Å². The van der Waals surface area contributed by atoms with Crippen molar-refractivity contribution in [3.8, 4) is 11.5 Å². The molecule has 1 atom stereocenters. The summed E-state index contributed by atoms with van der Waals surface area (Å²) < 4.78 is 0. The summed E-state index contributed by atoms with van der Waals surface area (Å²) in [5.41, 5.74) is 8.35. The van der Waals surface area contributed by atoms with Crippen LogP contribution in [0.2, 0.25) is 0 Å². The molecule has 0 fully saturated rings. The summed E-state index contributed by atoms with van der Waals surface area (Å²) in [6, 6.07) is 1.64. The molecule has 3 nitrogen and oxygen atoms in total. The van der Waals surface area contributed by atoms with E-state index in [2.05, 4.69) is 6.92 Å². The van der Waals surface area contributed by atoms with Crippen LogP contribution in [0.15, 0.2) is 6.07 Å². The van der Waals surface area contributed by atoms with Crippen LogP contribution in [-0.4, -0.2) is 16.8 Å². The van der Waals surface area contributed by atoms with E-state index in [1.807, 2.05) is 13.8 Å². The molecule has 0 aliphatic carbocycles. The lowest BCUT2D eigenvalue weighted by Gasteiger charge is -2.17. The standard InChI is InChI=1S/C12H19NO2/c1-7(4-5-13)10-6-11(14)12(15)9(3)8(10)2/h6-7,14-15H,4-5,13H2,1-3H3. The lowest BCUT2D eigenvalue weighted by molar-refractivity contribution is 0.399. The molecule has 0 amide bonds. The molecule has 0 saturated heterocycles. The molecule has 0 heterocycles. The highest BCUT2D eigenvalue weighted by molar-refractivity contribution is 5.52. The monoisotopic (exact) mass is 209 g/mol. The van der Waals surface area contributed by atoms with E-state index in [0.717, 1.165) is 23.1 Å². The average Bonchev–Trinajstić information content (AvgIpc) is 2.20. The molecule has 1 aromatic carbocycles. The number of aromatic hydroxyl groups is 2. The number of hydrogen-bond acceptors (Lipinski definition) is 3.